The second kappa shape index (κ2) is 3.99. The minimum absolute atomic E-state index is 0.264. The lowest BCUT2D eigenvalue weighted by Crippen LogP contribution is -2.56. The molecular weight excluding hydrogens is 328 g/mol. The molecule has 0 aliphatic carbocycles. The van der Waals surface area contributed by atoms with Crippen molar-refractivity contribution in [3.8, 4) is 0 Å². The van der Waals surface area contributed by atoms with Crippen LogP contribution in [0.15, 0.2) is 22.7 Å². The quantitative estimate of drug-likeness (QED) is 0.547. The lowest BCUT2D eigenvalue weighted by Gasteiger charge is -2.35. The maximum Gasteiger partial charge on any atom is 0.260 e. The fourth-order valence-electron chi connectivity index (χ4n) is 2.72. The smallest absolute Gasteiger partial charge is 0.260 e. The van der Waals surface area contributed by atoms with Crippen molar-refractivity contribution in [1.82, 2.24) is 10.2 Å². The third-order valence-electron chi connectivity index (χ3n) is 3.71. The molecule has 6 nitrogen and oxygen atoms in total. The normalized spacial score (nSPS) is 25.2. The van der Waals surface area contributed by atoms with Gasteiger partial charge in [0.15, 0.2) is 5.41 Å². The average molecular weight is 337 g/mol. The van der Waals surface area contributed by atoms with Gasteiger partial charge in [0.2, 0.25) is 17.7 Å². The maximum absolute atomic E-state index is 12.5. The predicted octanol–water partition coefficient (Wildman–Crippen LogP) is 0.346. The summed E-state index contributed by atoms with van der Waals surface area (Å²) in [5.74, 6) is -2.34. The molecule has 1 aromatic carbocycles. The van der Waals surface area contributed by atoms with E-state index in [1.54, 1.807) is 18.2 Å². The van der Waals surface area contributed by atoms with Gasteiger partial charge in [-0.3, -0.25) is 29.4 Å². The van der Waals surface area contributed by atoms with Crippen molar-refractivity contribution in [3.05, 3.63) is 33.8 Å². The zero-order chi connectivity index (χ0) is 14.7. The number of carbonyl (C=O) groups excluding carboxylic acids is 4. The summed E-state index contributed by atoms with van der Waals surface area (Å²) < 4.78 is 0.632. The number of benzene rings is 1. The van der Waals surface area contributed by atoms with Crippen LogP contribution in [-0.4, -0.2) is 35.6 Å². The minimum atomic E-state index is -1.63. The number of hydrogen-bond acceptors (Lipinski definition) is 4. The van der Waals surface area contributed by atoms with Crippen molar-refractivity contribution < 1.29 is 19.2 Å². The van der Waals surface area contributed by atoms with Crippen LogP contribution < -0.4 is 5.32 Å². The van der Waals surface area contributed by atoms with Crippen molar-refractivity contribution in [3.63, 3.8) is 0 Å². The second-order valence-electron chi connectivity index (χ2n) is 4.82. The van der Waals surface area contributed by atoms with Crippen LogP contribution in [0.5, 0.6) is 0 Å². The summed E-state index contributed by atoms with van der Waals surface area (Å²) in [6.45, 7) is 0. The van der Waals surface area contributed by atoms with Gasteiger partial charge in [0.25, 0.3) is 5.91 Å². The summed E-state index contributed by atoms with van der Waals surface area (Å²) >= 11 is 3.26. The van der Waals surface area contributed by atoms with Gasteiger partial charge in [0, 0.05) is 17.1 Å². The molecule has 1 saturated heterocycles. The summed E-state index contributed by atoms with van der Waals surface area (Å²) in [4.78, 5) is 49.3. The molecule has 2 aliphatic heterocycles. The summed E-state index contributed by atoms with van der Waals surface area (Å²) in [6, 6.07) is 4.75. The Labute approximate surface area is 122 Å². The van der Waals surface area contributed by atoms with Crippen LogP contribution in [0.2, 0.25) is 0 Å². The molecule has 0 saturated carbocycles. The molecule has 1 unspecified atom stereocenters. The highest BCUT2D eigenvalue weighted by Gasteiger charge is 2.59. The van der Waals surface area contributed by atoms with E-state index in [-0.39, 0.29) is 17.5 Å². The topological polar surface area (TPSA) is 83.6 Å². The van der Waals surface area contributed by atoms with Crippen LogP contribution in [0.1, 0.15) is 22.3 Å². The van der Waals surface area contributed by atoms with Gasteiger partial charge >= 0.3 is 0 Å². The van der Waals surface area contributed by atoms with E-state index < -0.39 is 29.0 Å². The number of likely N-dealkylation sites (N-methyl/N-ethyl adjacent to an activating group) is 1. The predicted molar refractivity (Wildman–Crippen MR) is 70.7 cm³/mol. The van der Waals surface area contributed by atoms with Crippen molar-refractivity contribution in [2.75, 3.05) is 7.05 Å². The average Bonchev–Trinajstić information content (AvgIpc) is 2.70. The summed E-state index contributed by atoms with van der Waals surface area (Å²) in [5.41, 5.74) is -1.08. The molecule has 2 aliphatic rings. The maximum atomic E-state index is 12.5. The Morgan fingerprint density at radius 1 is 1.25 bits per heavy atom. The van der Waals surface area contributed by atoms with E-state index in [0.29, 0.717) is 4.47 Å². The molecule has 1 fully saturated rings. The molecule has 1 atom stereocenters. The monoisotopic (exact) mass is 336 g/mol. The van der Waals surface area contributed by atoms with Gasteiger partial charge in [-0.05, 0) is 23.8 Å². The Morgan fingerprint density at radius 2 is 1.95 bits per heavy atom. The second-order valence-corrected chi connectivity index (χ2v) is 5.73. The number of amides is 4. The Hall–Kier alpha value is -2.02. The molecule has 3 rings (SSSR count). The van der Waals surface area contributed by atoms with E-state index in [0.717, 1.165) is 4.90 Å². The van der Waals surface area contributed by atoms with Gasteiger partial charge in [-0.1, -0.05) is 15.9 Å². The van der Waals surface area contributed by atoms with Crippen LogP contribution >= 0.6 is 15.9 Å². The van der Waals surface area contributed by atoms with Gasteiger partial charge in [0.05, 0.1) is 6.42 Å². The zero-order valence-electron chi connectivity index (χ0n) is 10.4. The molecule has 102 valence electrons. The molecule has 1 N–H and O–H groups in total. The molecule has 7 heteroatoms. The SMILES string of the molecule is CN1C(=O)c2ccc(Br)cc2C2(CC(=O)NC2=O)C1=O. The lowest BCUT2D eigenvalue weighted by atomic mass is 9.73. The van der Waals surface area contributed by atoms with Crippen LogP contribution in [0, 0.1) is 0 Å². The number of hydrogen-bond donors (Lipinski definition) is 1. The van der Waals surface area contributed by atoms with Gasteiger partial charge < -0.3 is 0 Å². The fraction of sp³-hybridized carbons (Fsp3) is 0.231. The Bertz CT molecular complexity index is 700. The van der Waals surface area contributed by atoms with Crippen LogP contribution in [-0.2, 0) is 19.8 Å². The number of carbonyl (C=O) groups is 4. The van der Waals surface area contributed by atoms with Gasteiger partial charge in [0.1, 0.15) is 0 Å². The Morgan fingerprint density at radius 3 is 2.55 bits per heavy atom. The van der Waals surface area contributed by atoms with Gasteiger partial charge in [-0.15, -0.1) is 0 Å². The highest BCUT2D eigenvalue weighted by atomic mass is 79.9. The third-order valence-corrected chi connectivity index (χ3v) is 4.21. The number of rotatable bonds is 0. The third kappa shape index (κ3) is 1.44. The Kier molecular flexibility index (Phi) is 2.59. The van der Waals surface area contributed by atoms with Crippen LogP contribution in [0.4, 0.5) is 0 Å². The highest BCUT2D eigenvalue weighted by molar-refractivity contribution is 9.10. The van der Waals surface area contributed by atoms with E-state index in [4.69, 9.17) is 0 Å². The molecule has 1 aromatic rings. The van der Waals surface area contributed by atoms with Crippen molar-refractivity contribution in [2.24, 2.45) is 0 Å². The minimum Gasteiger partial charge on any atom is -0.295 e. The molecule has 20 heavy (non-hydrogen) atoms. The van der Waals surface area contributed by atoms with Crippen molar-refractivity contribution >= 4 is 39.6 Å². The first-order valence-corrected chi connectivity index (χ1v) is 6.64. The molecule has 2 heterocycles. The van der Waals surface area contributed by atoms with E-state index in [2.05, 4.69) is 21.2 Å². The van der Waals surface area contributed by atoms with E-state index in [9.17, 15) is 19.2 Å². The standard InChI is InChI=1S/C13H9BrN2O4/c1-16-10(18)7-3-2-6(14)4-8(7)13(12(16)20)5-9(17)15-11(13)19/h2-4H,5H2,1H3,(H,15,17,19). The number of nitrogens with one attached hydrogen (secondary N) is 1. The first kappa shape index (κ1) is 13.0. The summed E-state index contributed by atoms with van der Waals surface area (Å²) in [6.07, 6.45) is -0.272. The van der Waals surface area contributed by atoms with Gasteiger partial charge in [-0.25, -0.2) is 0 Å². The van der Waals surface area contributed by atoms with Crippen LogP contribution in [0.3, 0.4) is 0 Å². The zero-order valence-corrected chi connectivity index (χ0v) is 12.0. The summed E-state index contributed by atoms with van der Waals surface area (Å²) in [7, 11) is 1.31. The van der Waals surface area contributed by atoms with Crippen molar-refractivity contribution in [2.45, 2.75) is 11.8 Å². The molecule has 0 aromatic heterocycles. The van der Waals surface area contributed by atoms with Crippen LogP contribution in [0.25, 0.3) is 0 Å². The largest absolute Gasteiger partial charge is 0.295 e. The number of imide groups is 2. The van der Waals surface area contributed by atoms with E-state index in [1.165, 1.54) is 7.05 Å². The molecule has 0 radical (unpaired) electrons. The fourth-order valence-corrected chi connectivity index (χ4v) is 3.08. The molecule has 4 amide bonds. The molecular formula is C13H9BrN2O4. The van der Waals surface area contributed by atoms with E-state index in [1.807, 2.05) is 0 Å². The first-order chi connectivity index (χ1) is 9.37. The highest BCUT2D eigenvalue weighted by Crippen LogP contribution is 2.41. The summed E-state index contributed by atoms with van der Waals surface area (Å²) in [5, 5.41) is 2.15. The molecule has 1 spiro atoms. The Balaban J connectivity index is 2.35. The van der Waals surface area contributed by atoms with Gasteiger partial charge in [-0.2, -0.15) is 0 Å². The number of halogens is 1. The number of nitrogens with zero attached hydrogens (tertiary/aromatic N) is 1. The first-order valence-electron chi connectivity index (χ1n) is 5.85. The van der Waals surface area contributed by atoms with Crippen molar-refractivity contribution in [1.29, 1.82) is 0 Å². The lowest BCUT2D eigenvalue weighted by molar-refractivity contribution is -0.140. The van der Waals surface area contributed by atoms with E-state index >= 15 is 0 Å². The number of fused-ring (bicyclic) bond motifs is 2. The molecule has 0 bridgehead atoms.